The minimum atomic E-state index is -3.35. The number of hydrogen-bond donors (Lipinski definition) is 3. The minimum absolute atomic E-state index is 0.0396. The molecule has 0 bridgehead atoms. The van der Waals surface area contributed by atoms with Crippen molar-refractivity contribution in [2.24, 2.45) is 0 Å². The van der Waals surface area contributed by atoms with E-state index in [4.69, 9.17) is 0 Å². The van der Waals surface area contributed by atoms with E-state index in [-0.39, 0.29) is 23.0 Å². The summed E-state index contributed by atoms with van der Waals surface area (Å²) in [6.45, 7) is 3.28. The Morgan fingerprint density at radius 1 is 1.20 bits per heavy atom. The first kappa shape index (κ1) is 19.6. The molecule has 154 valence electrons. The molecule has 3 aromatic heterocycles. The summed E-state index contributed by atoms with van der Waals surface area (Å²) >= 11 is 0. The van der Waals surface area contributed by atoms with Crippen LogP contribution in [0.4, 0.5) is 5.69 Å². The normalized spacial score (nSPS) is 11.8. The number of amides is 1. The number of nitrogens with one attached hydrogen (secondary N) is 3. The number of hydrogen-bond acceptors (Lipinski definition) is 8. The van der Waals surface area contributed by atoms with Gasteiger partial charge in [0.25, 0.3) is 0 Å². The molecular weight excluding hydrogens is 408 g/mol. The van der Waals surface area contributed by atoms with E-state index < -0.39 is 15.1 Å². The number of tetrazole rings is 1. The fourth-order valence-corrected chi connectivity index (χ4v) is 3.87. The van der Waals surface area contributed by atoms with Crippen molar-refractivity contribution in [2.75, 3.05) is 5.32 Å². The summed E-state index contributed by atoms with van der Waals surface area (Å²) in [5.74, 6) is -0.0525. The molecule has 0 aliphatic carbocycles. The zero-order valence-corrected chi connectivity index (χ0v) is 16.9. The van der Waals surface area contributed by atoms with Crippen molar-refractivity contribution in [3.63, 3.8) is 0 Å². The number of sulfone groups is 1. The van der Waals surface area contributed by atoms with Gasteiger partial charge in [0.2, 0.25) is 5.91 Å². The second-order valence-electron chi connectivity index (χ2n) is 6.83. The number of benzene rings is 1. The summed E-state index contributed by atoms with van der Waals surface area (Å²) in [5, 5.41) is 15.5. The van der Waals surface area contributed by atoms with Crippen molar-refractivity contribution in [3.8, 4) is 11.3 Å². The highest BCUT2D eigenvalue weighted by molar-refractivity contribution is 7.92. The zero-order chi connectivity index (χ0) is 21.3. The molecule has 0 aliphatic heterocycles. The zero-order valence-electron chi connectivity index (χ0n) is 16.1. The van der Waals surface area contributed by atoms with E-state index in [1.165, 1.54) is 0 Å². The lowest BCUT2D eigenvalue weighted by Crippen LogP contribution is -2.15. The van der Waals surface area contributed by atoms with Crippen LogP contribution in [0.15, 0.2) is 41.6 Å². The third-order valence-corrected chi connectivity index (χ3v) is 6.63. The number of nitrogens with zero attached hydrogens (tertiary/aromatic N) is 5. The summed E-state index contributed by atoms with van der Waals surface area (Å²) < 4.78 is 24.6. The molecule has 12 heteroatoms. The van der Waals surface area contributed by atoms with Crippen LogP contribution in [0.2, 0.25) is 0 Å². The van der Waals surface area contributed by atoms with Gasteiger partial charge in [-0.3, -0.25) is 4.79 Å². The average molecular weight is 426 g/mol. The van der Waals surface area contributed by atoms with Gasteiger partial charge in [-0.2, -0.15) is 5.21 Å². The highest BCUT2D eigenvalue weighted by Crippen LogP contribution is 2.25. The third-order valence-electron chi connectivity index (χ3n) is 4.46. The Morgan fingerprint density at radius 2 is 1.97 bits per heavy atom. The van der Waals surface area contributed by atoms with E-state index in [1.54, 1.807) is 50.5 Å². The predicted octanol–water partition coefficient (Wildman–Crippen LogP) is 1.50. The summed E-state index contributed by atoms with van der Waals surface area (Å²) in [7, 11) is -3.35. The number of aromatic amines is 2. The molecule has 0 atom stereocenters. The maximum absolute atomic E-state index is 12.3. The van der Waals surface area contributed by atoms with Crippen LogP contribution in [-0.2, 0) is 21.1 Å². The van der Waals surface area contributed by atoms with Crippen molar-refractivity contribution < 1.29 is 13.2 Å². The molecule has 4 rings (SSSR count). The summed E-state index contributed by atoms with van der Waals surface area (Å²) in [6.07, 6.45) is 3.14. The molecule has 0 radical (unpaired) electrons. The number of aromatic nitrogens is 7. The Balaban J connectivity index is 1.60. The summed E-state index contributed by atoms with van der Waals surface area (Å²) in [6, 6.07) is 6.49. The van der Waals surface area contributed by atoms with Crippen LogP contribution in [0.3, 0.4) is 0 Å². The van der Waals surface area contributed by atoms with Crippen LogP contribution in [0.25, 0.3) is 22.4 Å². The fourth-order valence-electron chi connectivity index (χ4n) is 2.81. The van der Waals surface area contributed by atoms with Crippen molar-refractivity contribution in [1.82, 2.24) is 35.6 Å². The maximum Gasteiger partial charge on any atom is 0.232 e. The highest BCUT2D eigenvalue weighted by atomic mass is 32.2. The Labute approximate surface area is 171 Å². The molecule has 1 aromatic carbocycles. The van der Waals surface area contributed by atoms with E-state index in [2.05, 4.69) is 40.9 Å². The molecule has 0 spiro atoms. The molecule has 4 aromatic rings. The van der Waals surface area contributed by atoms with Gasteiger partial charge in [0.1, 0.15) is 5.52 Å². The third kappa shape index (κ3) is 3.76. The Hall–Kier alpha value is -3.67. The summed E-state index contributed by atoms with van der Waals surface area (Å²) in [5.41, 5.74) is 2.70. The first-order chi connectivity index (χ1) is 14.3. The first-order valence-electron chi connectivity index (χ1n) is 9.05. The van der Waals surface area contributed by atoms with Gasteiger partial charge in [0, 0.05) is 11.8 Å². The SMILES string of the molecule is CC(C)S(=O)(=O)c1ccc(-c2cnc3[nH]cc(NC(=O)Cc4nn[nH]n4)c3n2)cc1. The van der Waals surface area contributed by atoms with Gasteiger partial charge < -0.3 is 10.3 Å². The van der Waals surface area contributed by atoms with Gasteiger partial charge in [0.15, 0.2) is 21.3 Å². The fraction of sp³-hybridized carbons (Fsp3) is 0.222. The van der Waals surface area contributed by atoms with Crippen LogP contribution < -0.4 is 5.32 Å². The summed E-state index contributed by atoms with van der Waals surface area (Å²) in [4.78, 5) is 24.3. The average Bonchev–Trinajstić information content (AvgIpc) is 3.38. The number of H-pyrrole nitrogens is 2. The Bertz CT molecular complexity index is 1300. The van der Waals surface area contributed by atoms with E-state index in [1.807, 2.05) is 0 Å². The minimum Gasteiger partial charge on any atom is -0.343 e. The van der Waals surface area contributed by atoms with Crippen LogP contribution in [0.5, 0.6) is 0 Å². The number of rotatable bonds is 6. The molecule has 0 aliphatic rings. The number of carbonyl (C=O) groups excluding carboxylic acids is 1. The first-order valence-corrected chi connectivity index (χ1v) is 10.6. The van der Waals surface area contributed by atoms with Crippen molar-refractivity contribution in [3.05, 3.63) is 42.5 Å². The lowest BCUT2D eigenvalue weighted by Gasteiger charge is -2.08. The molecule has 3 heterocycles. The quantitative estimate of drug-likeness (QED) is 0.418. The predicted molar refractivity (Wildman–Crippen MR) is 108 cm³/mol. The molecule has 11 nitrogen and oxygen atoms in total. The van der Waals surface area contributed by atoms with Gasteiger partial charge in [-0.05, 0) is 26.0 Å². The standard InChI is InChI=1S/C18H18N8O3S/c1-10(2)30(28,29)12-5-3-11(4-6-12)13-8-19-18-17(22-13)14(9-20-18)21-16(27)7-15-23-25-26-24-15/h3-6,8-10H,7H2,1-2H3,(H,19,20)(H,21,27)(H,23,24,25,26). The Morgan fingerprint density at radius 3 is 2.63 bits per heavy atom. The van der Waals surface area contributed by atoms with Gasteiger partial charge in [-0.1, -0.05) is 17.3 Å². The molecule has 0 saturated carbocycles. The topological polar surface area (TPSA) is 159 Å². The molecule has 30 heavy (non-hydrogen) atoms. The van der Waals surface area contributed by atoms with Crippen LogP contribution in [0, 0.1) is 0 Å². The second kappa shape index (κ2) is 7.63. The van der Waals surface area contributed by atoms with Crippen LogP contribution >= 0.6 is 0 Å². The molecule has 0 saturated heterocycles. The molecular formula is C18H18N8O3S. The van der Waals surface area contributed by atoms with Gasteiger partial charge in [0.05, 0.1) is 34.1 Å². The van der Waals surface area contributed by atoms with E-state index in [0.29, 0.717) is 28.1 Å². The molecule has 0 unspecified atom stereocenters. The number of carbonyl (C=O) groups is 1. The molecule has 0 fully saturated rings. The van der Waals surface area contributed by atoms with E-state index in [9.17, 15) is 13.2 Å². The van der Waals surface area contributed by atoms with E-state index in [0.717, 1.165) is 0 Å². The number of fused-ring (bicyclic) bond motifs is 1. The van der Waals surface area contributed by atoms with Crippen molar-refractivity contribution >= 4 is 32.6 Å². The van der Waals surface area contributed by atoms with Crippen LogP contribution in [0.1, 0.15) is 19.7 Å². The monoisotopic (exact) mass is 426 g/mol. The number of anilines is 1. The van der Waals surface area contributed by atoms with Gasteiger partial charge in [-0.25, -0.2) is 18.4 Å². The van der Waals surface area contributed by atoms with Crippen molar-refractivity contribution in [1.29, 1.82) is 0 Å². The largest absolute Gasteiger partial charge is 0.343 e. The second-order valence-corrected chi connectivity index (χ2v) is 9.33. The molecule has 3 N–H and O–H groups in total. The maximum atomic E-state index is 12.3. The lowest BCUT2D eigenvalue weighted by atomic mass is 10.1. The van der Waals surface area contributed by atoms with E-state index >= 15 is 0 Å². The Kier molecular flexibility index (Phi) is 4.99. The van der Waals surface area contributed by atoms with Gasteiger partial charge >= 0.3 is 0 Å². The van der Waals surface area contributed by atoms with Crippen molar-refractivity contribution in [2.45, 2.75) is 30.4 Å². The van der Waals surface area contributed by atoms with Crippen LogP contribution in [-0.4, -0.2) is 55.2 Å². The highest BCUT2D eigenvalue weighted by Gasteiger charge is 2.19. The molecule has 1 amide bonds. The smallest absolute Gasteiger partial charge is 0.232 e. The lowest BCUT2D eigenvalue weighted by molar-refractivity contribution is -0.115. The van der Waals surface area contributed by atoms with Gasteiger partial charge in [-0.15, -0.1) is 10.2 Å².